The van der Waals surface area contributed by atoms with Gasteiger partial charge in [-0.3, -0.25) is 0 Å². The van der Waals surface area contributed by atoms with Gasteiger partial charge in [0.15, 0.2) is 0 Å². The van der Waals surface area contributed by atoms with Crippen molar-refractivity contribution in [3.05, 3.63) is 51.8 Å². The monoisotopic (exact) mass is 276 g/mol. The van der Waals surface area contributed by atoms with Crippen molar-refractivity contribution in [2.45, 2.75) is 13.3 Å². The molecule has 0 aliphatic carbocycles. The molecule has 1 N–H and O–H groups in total. The van der Waals surface area contributed by atoms with E-state index in [2.05, 4.69) is 4.98 Å². The second kappa shape index (κ2) is 5.29. The van der Waals surface area contributed by atoms with E-state index >= 15 is 0 Å². The van der Waals surface area contributed by atoms with Crippen LogP contribution in [0.25, 0.3) is 11.1 Å². The maximum absolute atomic E-state index is 12.8. The summed E-state index contributed by atoms with van der Waals surface area (Å²) in [6.45, 7) is 1.93. The molecule has 1 aromatic carbocycles. The van der Waals surface area contributed by atoms with E-state index in [1.807, 2.05) is 25.1 Å². The molecule has 1 aromatic heterocycles. The van der Waals surface area contributed by atoms with Gasteiger partial charge in [-0.2, -0.15) is 5.26 Å². The number of alkyl halides is 2. The van der Waals surface area contributed by atoms with Gasteiger partial charge in [0.1, 0.15) is 10.7 Å². The third kappa shape index (κ3) is 2.69. The Hall–Kier alpha value is -2.06. The van der Waals surface area contributed by atoms with Crippen molar-refractivity contribution in [1.82, 2.24) is 4.98 Å². The second-order valence-electron chi connectivity index (χ2n) is 4.12. The van der Waals surface area contributed by atoms with Crippen molar-refractivity contribution in [2.75, 3.05) is 0 Å². The summed E-state index contributed by atoms with van der Waals surface area (Å²) in [5.41, 5.74) is 2.12. The second-order valence-corrected chi connectivity index (χ2v) is 4.53. The zero-order valence-corrected chi connectivity index (χ0v) is 10.9. The lowest BCUT2D eigenvalue weighted by molar-refractivity contribution is 0.146. The van der Waals surface area contributed by atoms with Gasteiger partial charge in [-0.15, -0.1) is 0 Å². The van der Waals surface area contributed by atoms with Crippen LogP contribution in [-0.2, 0) is 0 Å². The number of halogens is 2. The van der Waals surface area contributed by atoms with Gasteiger partial charge < -0.3 is 4.98 Å². The molecule has 2 rings (SSSR count). The summed E-state index contributed by atoms with van der Waals surface area (Å²) in [6.07, 6.45) is -2.65. The molecule has 0 fully saturated rings. The zero-order valence-electron chi connectivity index (χ0n) is 10.1. The average molecular weight is 276 g/mol. The van der Waals surface area contributed by atoms with E-state index < -0.39 is 6.43 Å². The standard InChI is InChI=1S/C14H10F2N2S/c1-8-2-4-9(5-3-8)10-6-12(13(15)16)18-14(19)11(10)7-17/h2-6,13H,1H3,(H,18,19). The minimum absolute atomic E-state index is 0.0378. The third-order valence-corrected chi connectivity index (χ3v) is 3.07. The molecule has 5 heteroatoms. The van der Waals surface area contributed by atoms with Gasteiger partial charge in [0.2, 0.25) is 0 Å². The maximum atomic E-state index is 12.8. The van der Waals surface area contributed by atoms with Crippen molar-refractivity contribution < 1.29 is 8.78 Å². The number of aryl methyl sites for hydroxylation is 1. The summed E-state index contributed by atoms with van der Waals surface area (Å²) in [5.74, 6) is 0. The fourth-order valence-corrected chi connectivity index (χ4v) is 2.04. The minimum Gasteiger partial charge on any atom is -0.344 e. The number of hydrogen-bond acceptors (Lipinski definition) is 2. The van der Waals surface area contributed by atoms with E-state index in [4.69, 9.17) is 17.5 Å². The van der Waals surface area contributed by atoms with Gasteiger partial charge in [0, 0.05) is 5.56 Å². The third-order valence-electron chi connectivity index (χ3n) is 2.76. The summed E-state index contributed by atoms with van der Waals surface area (Å²) in [7, 11) is 0. The molecular weight excluding hydrogens is 266 g/mol. The number of nitriles is 1. The van der Waals surface area contributed by atoms with Crippen molar-refractivity contribution in [2.24, 2.45) is 0 Å². The van der Waals surface area contributed by atoms with Crippen molar-refractivity contribution in [3.8, 4) is 17.2 Å². The summed E-state index contributed by atoms with van der Waals surface area (Å²) in [5, 5.41) is 9.12. The average Bonchev–Trinajstić information content (AvgIpc) is 2.38. The normalized spacial score (nSPS) is 10.5. The SMILES string of the molecule is Cc1ccc(-c2cc(C(F)F)[nH]c(=S)c2C#N)cc1. The Bertz CT molecular complexity index is 697. The molecule has 0 aliphatic heterocycles. The fourth-order valence-electron chi connectivity index (χ4n) is 1.77. The smallest absolute Gasteiger partial charge is 0.278 e. The van der Waals surface area contributed by atoms with Crippen LogP contribution in [0.5, 0.6) is 0 Å². The predicted octanol–water partition coefficient (Wildman–Crippen LogP) is 4.53. The molecular formula is C14H10F2N2S. The van der Waals surface area contributed by atoms with E-state index in [0.717, 1.165) is 5.56 Å². The van der Waals surface area contributed by atoms with Gasteiger partial charge in [0.25, 0.3) is 6.43 Å². The quantitative estimate of drug-likeness (QED) is 0.818. The summed E-state index contributed by atoms with van der Waals surface area (Å²) < 4.78 is 25.6. The van der Waals surface area contributed by atoms with Gasteiger partial charge in [-0.25, -0.2) is 8.78 Å². The summed E-state index contributed by atoms with van der Waals surface area (Å²) in [6, 6.07) is 10.5. The predicted molar refractivity (Wildman–Crippen MR) is 71.5 cm³/mol. The van der Waals surface area contributed by atoms with Crippen LogP contribution < -0.4 is 0 Å². The van der Waals surface area contributed by atoms with Crippen molar-refractivity contribution >= 4 is 12.2 Å². The first-order valence-electron chi connectivity index (χ1n) is 5.55. The number of hydrogen-bond donors (Lipinski definition) is 1. The molecule has 2 aromatic rings. The lowest BCUT2D eigenvalue weighted by Crippen LogP contribution is -1.96. The molecule has 19 heavy (non-hydrogen) atoms. The lowest BCUT2D eigenvalue weighted by Gasteiger charge is -2.08. The summed E-state index contributed by atoms with van der Waals surface area (Å²) >= 11 is 4.96. The van der Waals surface area contributed by atoms with Crippen molar-refractivity contribution in [1.29, 1.82) is 5.26 Å². The first-order chi connectivity index (χ1) is 9.02. The van der Waals surface area contributed by atoms with Gasteiger partial charge in [-0.05, 0) is 18.6 Å². The Labute approximate surface area is 114 Å². The number of pyridine rings is 1. The van der Waals surface area contributed by atoms with Gasteiger partial charge >= 0.3 is 0 Å². The fraction of sp³-hybridized carbons (Fsp3) is 0.143. The molecule has 0 saturated heterocycles. The van der Waals surface area contributed by atoms with E-state index in [1.165, 1.54) is 6.07 Å². The molecule has 96 valence electrons. The van der Waals surface area contributed by atoms with Crippen LogP contribution in [0, 0.1) is 22.9 Å². The number of nitrogens with one attached hydrogen (secondary N) is 1. The molecule has 0 atom stereocenters. The van der Waals surface area contributed by atoms with Crippen molar-refractivity contribution in [3.63, 3.8) is 0 Å². The van der Waals surface area contributed by atoms with E-state index in [9.17, 15) is 8.78 Å². The van der Waals surface area contributed by atoms with Gasteiger partial charge in [-0.1, -0.05) is 42.0 Å². The van der Waals surface area contributed by atoms with Crippen LogP contribution in [0.3, 0.4) is 0 Å². The van der Waals surface area contributed by atoms with Crippen LogP contribution in [0.15, 0.2) is 30.3 Å². The molecule has 0 spiro atoms. The molecule has 0 saturated carbocycles. The molecule has 2 nitrogen and oxygen atoms in total. The van der Waals surface area contributed by atoms with Crippen LogP contribution in [0.2, 0.25) is 0 Å². The molecule has 0 bridgehead atoms. The molecule has 1 heterocycles. The Morgan fingerprint density at radius 3 is 2.42 bits per heavy atom. The first kappa shape index (κ1) is 13.4. The van der Waals surface area contributed by atoms with E-state index in [1.54, 1.807) is 12.1 Å². The largest absolute Gasteiger partial charge is 0.344 e. The van der Waals surface area contributed by atoms with E-state index in [-0.39, 0.29) is 15.9 Å². The van der Waals surface area contributed by atoms with Crippen LogP contribution in [0.1, 0.15) is 23.2 Å². The van der Waals surface area contributed by atoms with E-state index in [0.29, 0.717) is 11.1 Å². The Balaban J connectivity index is 2.70. The van der Waals surface area contributed by atoms with Crippen LogP contribution in [0.4, 0.5) is 8.78 Å². The molecule has 0 radical (unpaired) electrons. The number of benzene rings is 1. The van der Waals surface area contributed by atoms with Crippen LogP contribution >= 0.6 is 12.2 Å². The maximum Gasteiger partial charge on any atom is 0.278 e. The first-order valence-corrected chi connectivity index (χ1v) is 5.96. The van der Waals surface area contributed by atoms with Gasteiger partial charge in [0.05, 0.1) is 11.3 Å². The molecule has 0 unspecified atom stereocenters. The number of aromatic amines is 1. The zero-order chi connectivity index (χ0) is 14.0. The highest BCUT2D eigenvalue weighted by atomic mass is 32.1. The topological polar surface area (TPSA) is 39.6 Å². The lowest BCUT2D eigenvalue weighted by atomic mass is 10.0. The highest BCUT2D eigenvalue weighted by Crippen LogP contribution is 2.28. The highest BCUT2D eigenvalue weighted by molar-refractivity contribution is 7.71. The highest BCUT2D eigenvalue weighted by Gasteiger charge is 2.14. The Morgan fingerprint density at radius 1 is 1.26 bits per heavy atom. The summed E-state index contributed by atoms with van der Waals surface area (Å²) in [4.78, 5) is 2.39. The number of aromatic nitrogens is 1. The van der Waals surface area contributed by atoms with Crippen LogP contribution in [-0.4, -0.2) is 4.98 Å². The minimum atomic E-state index is -2.65. The molecule has 0 aliphatic rings. The Morgan fingerprint density at radius 2 is 1.89 bits per heavy atom. The number of nitrogens with zero attached hydrogens (tertiary/aromatic N) is 1. The number of rotatable bonds is 2. The number of H-pyrrole nitrogens is 1. The molecule has 0 amide bonds. The Kier molecular flexibility index (Phi) is 3.72.